The number of hydrogen-bond donors (Lipinski definition) is 1. The van der Waals surface area contributed by atoms with Crippen LogP contribution in [0.5, 0.6) is 5.88 Å². The summed E-state index contributed by atoms with van der Waals surface area (Å²) in [6.07, 6.45) is 0.328. The van der Waals surface area contributed by atoms with Crippen molar-refractivity contribution in [2.45, 2.75) is 13.3 Å². The van der Waals surface area contributed by atoms with Gasteiger partial charge >= 0.3 is 0 Å². The molecule has 1 fully saturated rings. The molecule has 7 nitrogen and oxygen atoms in total. The molecule has 2 amide bonds. The Hall–Kier alpha value is -2.05. The molecule has 1 aromatic rings. The topological polar surface area (TPSA) is 84.7 Å². The molecule has 0 unspecified atom stereocenters. The van der Waals surface area contributed by atoms with Gasteiger partial charge in [-0.25, -0.2) is 0 Å². The SMILES string of the molecule is Cc1cc(OCC(=O)N2CCNC(=O)CC2)no1. The minimum absolute atomic E-state index is 0.0293. The predicted molar refractivity (Wildman–Crippen MR) is 60.9 cm³/mol. The van der Waals surface area contributed by atoms with E-state index in [-0.39, 0.29) is 18.4 Å². The maximum atomic E-state index is 11.8. The summed E-state index contributed by atoms with van der Waals surface area (Å²) in [4.78, 5) is 24.6. The molecule has 1 aromatic heterocycles. The molecule has 1 aliphatic rings. The standard InChI is InChI=1S/C11H15N3O4/c1-8-6-10(13-18-8)17-7-11(16)14-4-2-9(15)12-3-5-14/h6H,2-5,7H2,1H3,(H,12,15). The monoisotopic (exact) mass is 253 g/mol. The quantitative estimate of drug-likeness (QED) is 0.800. The van der Waals surface area contributed by atoms with Crippen LogP contribution in [0.3, 0.4) is 0 Å². The molecule has 1 aliphatic heterocycles. The van der Waals surface area contributed by atoms with Crippen molar-refractivity contribution < 1.29 is 18.8 Å². The first-order valence-corrected chi connectivity index (χ1v) is 5.76. The number of amides is 2. The van der Waals surface area contributed by atoms with Gasteiger partial charge in [-0.05, 0) is 12.1 Å². The van der Waals surface area contributed by atoms with E-state index in [1.807, 2.05) is 0 Å². The summed E-state index contributed by atoms with van der Waals surface area (Å²) >= 11 is 0. The lowest BCUT2D eigenvalue weighted by Gasteiger charge is -2.18. The van der Waals surface area contributed by atoms with Crippen LogP contribution in [0, 0.1) is 6.92 Å². The van der Waals surface area contributed by atoms with Crippen LogP contribution in [0.4, 0.5) is 0 Å². The number of ether oxygens (including phenoxy) is 1. The Bertz CT molecular complexity index is 443. The van der Waals surface area contributed by atoms with Gasteiger partial charge in [-0.15, -0.1) is 0 Å². The highest BCUT2D eigenvalue weighted by Crippen LogP contribution is 2.10. The zero-order valence-electron chi connectivity index (χ0n) is 10.1. The van der Waals surface area contributed by atoms with Crippen molar-refractivity contribution in [3.63, 3.8) is 0 Å². The van der Waals surface area contributed by atoms with E-state index in [2.05, 4.69) is 10.5 Å². The van der Waals surface area contributed by atoms with E-state index in [1.165, 1.54) is 0 Å². The van der Waals surface area contributed by atoms with Crippen LogP contribution in [0.2, 0.25) is 0 Å². The second-order valence-corrected chi connectivity index (χ2v) is 4.05. The summed E-state index contributed by atoms with van der Waals surface area (Å²) in [5.74, 6) is 0.734. The largest absolute Gasteiger partial charge is 0.465 e. The van der Waals surface area contributed by atoms with Gasteiger partial charge < -0.3 is 19.5 Å². The molecule has 0 atom stereocenters. The molecule has 0 saturated carbocycles. The fraction of sp³-hybridized carbons (Fsp3) is 0.545. The Morgan fingerprint density at radius 1 is 1.61 bits per heavy atom. The van der Waals surface area contributed by atoms with Crippen molar-refractivity contribution in [2.24, 2.45) is 0 Å². The number of aryl methyl sites for hydroxylation is 1. The van der Waals surface area contributed by atoms with Gasteiger partial charge in [-0.1, -0.05) is 0 Å². The maximum absolute atomic E-state index is 11.8. The number of nitrogens with zero attached hydrogens (tertiary/aromatic N) is 2. The molecule has 0 aliphatic carbocycles. The van der Waals surface area contributed by atoms with E-state index in [0.717, 1.165) is 0 Å². The number of carbonyl (C=O) groups is 2. The summed E-state index contributed by atoms with van der Waals surface area (Å²) in [7, 11) is 0. The van der Waals surface area contributed by atoms with Crippen LogP contribution >= 0.6 is 0 Å². The van der Waals surface area contributed by atoms with Crippen molar-refractivity contribution in [2.75, 3.05) is 26.2 Å². The van der Waals surface area contributed by atoms with Gasteiger partial charge in [-0.2, -0.15) is 0 Å². The van der Waals surface area contributed by atoms with E-state index >= 15 is 0 Å². The Morgan fingerprint density at radius 3 is 3.17 bits per heavy atom. The lowest BCUT2D eigenvalue weighted by Crippen LogP contribution is -2.37. The summed E-state index contributed by atoms with van der Waals surface area (Å²) in [6.45, 7) is 3.05. The lowest BCUT2D eigenvalue weighted by molar-refractivity contribution is -0.133. The third kappa shape index (κ3) is 3.22. The Balaban J connectivity index is 1.82. The van der Waals surface area contributed by atoms with Crippen LogP contribution in [0.15, 0.2) is 10.6 Å². The number of nitrogens with one attached hydrogen (secondary N) is 1. The first kappa shape index (κ1) is 12.4. The van der Waals surface area contributed by atoms with E-state index in [1.54, 1.807) is 17.9 Å². The first-order valence-electron chi connectivity index (χ1n) is 5.76. The maximum Gasteiger partial charge on any atom is 0.260 e. The molecule has 0 radical (unpaired) electrons. The van der Waals surface area contributed by atoms with E-state index in [9.17, 15) is 9.59 Å². The average Bonchev–Trinajstić information content (AvgIpc) is 2.63. The second-order valence-electron chi connectivity index (χ2n) is 4.05. The van der Waals surface area contributed by atoms with Crippen molar-refractivity contribution in [3.8, 4) is 5.88 Å². The fourth-order valence-corrected chi connectivity index (χ4v) is 1.65. The van der Waals surface area contributed by atoms with Crippen molar-refractivity contribution in [1.29, 1.82) is 0 Å². The zero-order chi connectivity index (χ0) is 13.0. The summed E-state index contributed by atoms with van der Waals surface area (Å²) in [5, 5.41) is 6.33. The molecule has 1 saturated heterocycles. The highest BCUT2D eigenvalue weighted by atomic mass is 16.5. The van der Waals surface area contributed by atoms with E-state index in [4.69, 9.17) is 9.26 Å². The molecule has 98 valence electrons. The molecule has 7 heteroatoms. The normalized spacial score (nSPS) is 16.1. The van der Waals surface area contributed by atoms with Gasteiger partial charge in [0.2, 0.25) is 5.91 Å². The van der Waals surface area contributed by atoms with Crippen LogP contribution in [0.1, 0.15) is 12.2 Å². The van der Waals surface area contributed by atoms with E-state index in [0.29, 0.717) is 37.7 Å². The minimum Gasteiger partial charge on any atom is -0.465 e. The van der Waals surface area contributed by atoms with Crippen LogP contribution in [-0.4, -0.2) is 48.1 Å². The molecule has 0 bridgehead atoms. The smallest absolute Gasteiger partial charge is 0.260 e. The predicted octanol–water partition coefficient (Wildman–Crippen LogP) is -0.290. The van der Waals surface area contributed by atoms with Gasteiger partial charge in [0, 0.05) is 32.1 Å². The Labute approximate surface area is 104 Å². The van der Waals surface area contributed by atoms with Gasteiger partial charge in [0.15, 0.2) is 6.61 Å². The lowest BCUT2D eigenvalue weighted by atomic mass is 10.4. The highest BCUT2D eigenvalue weighted by Gasteiger charge is 2.19. The molecule has 1 N–H and O–H groups in total. The fourth-order valence-electron chi connectivity index (χ4n) is 1.65. The average molecular weight is 253 g/mol. The van der Waals surface area contributed by atoms with Crippen molar-refractivity contribution in [1.82, 2.24) is 15.4 Å². The van der Waals surface area contributed by atoms with Gasteiger partial charge in [0.25, 0.3) is 11.8 Å². The van der Waals surface area contributed by atoms with Crippen molar-refractivity contribution in [3.05, 3.63) is 11.8 Å². The number of aromatic nitrogens is 1. The molecular formula is C11H15N3O4. The molecule has 2 rings (SSSR count). The molecule has 0 spiro atoms. The van der Waals surface area contributed by atoms with Crippen LogP contribution in [-0.2, 0) is 9.59 Å². The second kappa shape index (κ2) is 5.52. The molecule has 18 heavy (non-hydrogen) atoms. The Kier molecular flexibility index (Phi) is 3.81. The summed E-state index contributed by atoms with van der Waals surface area (Å²) in [6, 6.07) is 1.61. The van der Waals surface area contributed by atoms with Gasteiger partial charge in [0.1, 0.15) is 5.76 Å². The van der Waals surface area contributed by atoms with E-state index < -0.39 is 0 Å². The number of carbonyl (C=O) groups excluding carboxylic acids is 2. The van der Waals surface area contributed by atoms with Crippen LogP contribution < -0.4 is 10.1 Å². The van der Waals surface area contributed by atoms with Gasteiger partial charge in [0.05, 0.1) is 0 Å². The molecule has 2 heterocycles. The van der Waals surface area contributed by atoms with Crippen molar-refractivity contribution >= 4 is 11.8 Å². The molecule has 0 aromatic carbocycles. The zero-order valence-corrected chi connectivity index (χ0v) is 10.1. The summed E-state index contributed by atoms with van der Waals surface area (Å²) < 4.78 is 10.0. The minimum atomic E-state index is -0.160. The third-order valence-corrected chi connectivity index (χ3v) is 2.62. The third-order valence-electron chi connectivity index (χ3n) is 2.62. The molecular weight excluding hydrogens is 238 g/mol. The highest BCUT2D eigenvalue weighted by molar-refractivity contribution is 5.80. The number of hydrogen-bond acceptors (Lipinski definition) is 5. The van der Waals surface area contributed by atoms with Gasteiger partial charge in [-0.3, -0.25) is 9.59 Å². The first-order chi connectivity index (χ1) is 8.65. The Morgan fingerprint density at radius 2 is 2.44 bits per heavy atom. The number of rotatable bonds is 3. The summed E-state index contributed by atoms with van der Waals surface area (Å²) in [5.41, 5.74) is 0. The van der Waals surface area contributed by atoms with Crippen LogP contribution in [0.25, 0.3) is 0 Å².